The molecular formula is C10H12FNO2. The van der Waals surface area contributed by atoms with Crippen LogP contribution in [-0.2, 0) is 0 Å². The van der Waals surface area contributed by atoms with E-state index in [-0.39, 0.29) is 17.4 Å². The highest BCUT2D eigenvalue weighted by Gasteiger charge is 2.14. The van der Waals surface area contributed by atoms with Crippen LogP contribution in [0.3, 0.4) is 0 Å². The van der Waals surface area contributed by atoms with Crippen molar-refractivity contribution in [1.82, 2.24) is 0 Å². The fourth-order valence-corrected chi connectivity index (χ4v) is 1.24. The van der Waals surface area contributed by atoms with E-state index in [0.717, 1.165) is 12.5 Å². The molecule has 0 radical (unpaired) electrons. The zero-order chi connectivity index (χ0) is 10.7. The smallest absolute Gasteiger partial charge is 0.258 e. The van der Waals surface area contributed by atoms with Gasteiger partial charge in [0.05, 0.1) is 4.92 Å². The molecule has 0 aliphatic heterocycles. The summed E-state index contributed by atoms with van der Waals surface area (Å²) in [5.74, 6) is -0.361. The third-order valence-corrected chi connectivity index (χ3v) is 2.33. The van der Waals surface area contributed by atoms with Crippen molar-refractivity contribution in [3.63, 3.8) is 0 Å². The first-order chi connectivity index (χ1) is 6.56. The van der Waals surface area contributed by atoms with Crippen molar-refractivity contribution in [3.8, 4) is 0 Å². The third-order valence-electron chi connectivity index (χ3n) is 2.33. The molecule has 0 N–H and O–H groups in total. The van der Waals surface area contributed by atoms with E-state index < -0.39 is 4.92 Å². The van der Waals surface area contributed by atoms with Gasteiger partial charge < -0.3 is 0 Å². The molecule has 1 aromatic rings. The van der Waals surface area contributed by atoms with Crippen LogP contribution >= 0.6 is 0 Å². The van der Waals surface area contributed by atoms with Crippen LogP contribution in [0.4, 0.5) is 10.1 Å². The van der Waals surface area contributed by atoms with Gasteiger partial charge in [0.25, 0.3) is 5.69 Å². The Balaban J connectivity index is 3.14. The van der Waals surface area contributed by atoms with Gasteiger partial charge in [0, 0.05) is 12.1 Å². The number of benzene rings is 1. The lowest BCUT2D eigenvalue weighted by atomic mass is 9.98. The Labute approximate surface area is 81.7 Å². The zero-order valence-corrected chi connectivity index (χ0v) is 8.16. The summed E-state index contributed by atoms with van der Waals surface area (Å²) in [4.78, 5) is 9.95. The summed E-state index contributed by atoms with van der Waals surface area (Å²) in [5.41, 5.74) is 0.364. The van der Waals surface area contributed by atoms with Gasteiger partial charge in [-0.15, -0.1) is 0 Å². The van der Waals surface area contributed by atoms with Crippen molar-refractivity contribution in [2.75, 3.05) is 0 Å². The largest absolute Gasteiger partial charge is 0.269 e. The molecule has 1 rings (SSSR count). The van der Waals surface area contributed by atoms with Gasteiger partial charge in [-0.3, -0.25) is 10.1 Å². The lowest BCUT2D eigenvalue weighted by Crippen LogP contribution is -1.98. The molecule has 0 aliphatic carbocycles. The van der Waals surface area contributed by atoms with Gasteiger partial charge >= 0.3 is 0 Å². The highest BCUT2D eigenvalue weighted by Crippen LogP contribution is 2.25. The minimum absolute atomic E-state index is 0.00917. The zero-order valence-electron chi connectivity index (χ0n) is 8.16. The summed E-state index contributed by atoms with van der Waals surface area (Å²) in [6.07, 6.45) is 0.762. The van der Waals surface area contributed by atoms with E-state index in [1.165, 1.54) is 12.1 Å². The molecule has 0 unspecified atom stereocenters. The van der Waals surface area contributed by atoms with E-state index in [2.05, 4.69) is 0 Å². The third kappa shape index (κ3) is 2.07. The number of non-ortho nitro benzene ring substituents is 1. The van der Waals surface area contributed by atoms with Gasteiger partial charge in [-0.25, -0.2) is 4.39 Å². The normalized spacial score (nSPS) is 12.5. The van der Waals surface area contributed by atoms with Crippen LogP contribution in [0.15, 0.2) is 18.2 Å². The Kier molecular flexibility index (Phi) is 3.17. The summed E-state index contributed by atoms with van der Waals surface area (Å²) in [7, 11) is 0. The molecule has 3 nitrogen and oxygen atoms in total. The number of nitrogens with zero attached hydrogens (tertiary/aromatic N) is 1. The SMILES string of the molecule is CC[C@H](C)c1cc([N+](=O)[O-])ccc1F. The van der Waals surface area contributed by atoms with E-state index in [0.29, 0.717) is 5.56 Å². The fourth-order valence-electron chi connectivity index (χ4n) is 1.24. The standard InChI is InChI=1S/C10H12FNO2/c1-3-7(2)9-6-8(12(13)14)4-5-10(9)11/h4-7H,3H2,1-2H3/t7-/m0/s1. The van der Waals surface area contributed by atoms with E-state index in [4.69, 9.17) is 0 Å². The molecule has 0 saturated heterocycles. The first kappa shape index (κ1) is 10.6. The molecule has 0 bridgehead atoms. The number of rotatable bonds is 3. The number of nitro benzene ring substituents is 1. The summed E-state index contributed by atoms with van der Waals surface area (Å²) < 4.78 is 13.2. The number of halogens is 1. The van der Waals surface area contributed by atoms with E-state index >= 15 is 0 Å². The quantitative estimate of drug-likeness (QED) is 0.551. The molecule has 14 heavy (non-hydrogen) atoms. The minimum Gasteiger partial charge on any atom is -0.258 e. The van der Waals surface area contributed by atoms with Crippen LogP contribution in [0, 0.1) is 15.9 Å². The van der Waals surface area contributed by atoms with Gasteiger partial charge in [-0.1, -0.05) is 13.8 Å². The molecule has 1 atom stereocenters. The Bertz CT molecular complexity index is 352. The fraction of sp³-hybridized carbons (Fsp3) is 0.400. The Hall–Kier alpha value is -1.45. The van der Waals surface area contributed by atoms with Crippen molar-refractivity contribution in [2.24, 2.45) is 0 Å². The van der Waals surface area contributed by atoms with E-state index in [9.17, 15) is 14.5 Å². The number of hydrogen-bond acceptors (Lipinski definition) is 2. The molecule has 1 aromatic carbocycles. The van der Waals surface area contributed by atoms with Crippen molar-refractivity contribution in [3.05, 3.63) is 39.7 Å². The molecule has 4 heteroatoms. The molecular weight excluding hydrogens is 185 g/mol. The Morgan fingerprint density at radius 1 is 1.57 bits per heavy atom. The van der Waals surface area contributed by atoms with Crippen LogP contribution in [0.1, 0.15) is 31.7 Å². The maximum atomic E-state index is 13.2. The van der Waals surface area contributed by atoms with E-state index in [1.54, 1.807) is 0 Å². The number of hydrogen-bond donors (Lipinski definition) is 0. The van der Waals surface area contributed by atoms with Gasteiger partial charge in [0.2, 0.25) is 0 Å². The second kappa shape index (κ2) is 4.17. The summed E-state index contributed by atoms with van der Waals surface area (Å²) >= 11 is 0. The highest BCUT2D eigenvalue weighted by molar-refractivity contribution is 5.36. The molecule has 0 saturated carbocycles. The van der Waals surface area contributed by atoms with Crippen molar-refractivity contribution < 1.29 is 9.31 Å². The summed E-state index contributed by atoms with van der Waals surface area (Å²) in [6.45, 7) is 3.77. The number of nitro groups is 1. The van der Waals surface area contributed by atoms with Crippen molar-refractivity contribution >= 4 is 5.69 Å². The molecule has 0 aromatic heterocycles. The Morgan fingerprint density at radius 2 is 2.21 bits per heavy atom. The monoisotopic (exact) mass is 197 g/mol. The molecule has 0 heterocycles. The molecule has 0 spiro atoms. The molecule has 76 valence electrons. The van der Waals surface area contributed by atoms with Gasteiger partial charge in [0.15, 0.2) is 0 Å². The lowest BCUT2D eigenvalue weighted by Gasteiger charge is -2.09. The first-order valence-electron chi connectivity index (χ1n) is 4.50. The Morgan fingerprint density at radius 3 is 2.71 bits per heavy atom. The summed E-state index contributed by atoms with van der Waals surface area (Å²) in [5, 5.41) is 10.5. The topological polar surface area (TPSA) is 43.1 Å². The van der Waals surface area contributed by atoms with Crippen LogP contribution in [0.25, 0.3) is 0 Å². The van der Waals surface area contributed by atoms with Crippen molar-refractivity contribution in [2.45, 2.75) is 26.2 Å². The van der Waals surface area contributed by atoms with Crippen molar-refractivity contribution in [1.29, 1.82) is 0 Å². The van der Waals surface area contributed by atoms with Crippen LogP contribution in [0.2, 0.25) is 0 Å². The van der Waals surface area contributed by atoms with Gasteiger partial charge in [-0.2, -0.15) is 0 Å². The maximum absolute atomic E-state index is 13.2. The summed E-state index contributed by atoms with van der Waals surface area (Å²) in [6, 6.07) is 3.64. The predicted molar refractivity (Wildman–Crippen MR) is 51.8 cm³/mol. The highest BCUT2D eigenvalue weighted by atomic mass is 19.1. The average molecular weight is 197 g/mol. The minimum atomic E-state index is -0.509. The lowest BCUT2D eigenvalue weighted by molar-refractivity contribution is -0.385. The predicted octanol–water partition coefficient (Wildman–Crippen LogP) is 3.25. The van der Waals surface area contributed by atoms with Crippen LogP contribution in [0.5, 0.6) is 0 Å². The second-order valence-electron chi connectivity index (χ2n) is 3.27. The van der Waals surface area contributed by atoms with E-state index in [1.807, 2.05) is 13.8 Å². The molecule has 0 fully saturated rings. The second-order valence-corrected chi connectivity index (χ2v) is 3.27. The van der Waals surface area contributed by atoms with Crippen LogP contribution in [-0.4, -0.2) is 4.92 Å². The molecule has 0 amide bonds. The van der Waals surface area contributed by atoms with Gasteiger partial charge in [0.1, 0.15) is 5.82 Å². The maximum Gasteiger partial charge on any atom is 0.269 e. The molecule has 0 aliphatic rings. The van der Waals surface area contributed by atoms with Gasteiger partial charge in [-0.05, 0) is 24.0 Å². The first-order valence-corrected chi connectivity index (χ1v) is 4.50. The average Bonchev–Trinajstić information content (AvgIpc) is 2.17. The van der Waals surface area contributed by atoms with Crippen LogP contribution < -0.4 is 0 Å².